The maximum atomic E-state index is 3.62. The maximum absolute atomic E-state index is 3.62. The highest BCUT2D eigenvalue weighted by Crippen LogP contribution is 2.32. The molecule has 1 unspecified atom stereocenters. The topological polar surface area (TPSA) is 27.8 Å². The summed E-state index contributed by atoms with van der Waals surface area (Å²) in [6.45, 7) is 3.27. The van der Waals surface area contributed by atoms with Crippen LogP contribution in [0.3, 0.4) is 0 Å². The summed E-state index contributed by atoms with van der Waals surface area (Å²) in [5.41, 5.74) is 2.65. The quantitative estimate of drug-likeness (QED) is 0.854. The SMILES string of the molecule is CC(NCc1cccc2cc[nH]c12)C1CC1.Cl. The summed E-state index contributed by atoms with van der Waals surface area (Å²) in [6.07, 6.45) is 4.82. The highest BCUT2D eigenvalue weighted by atomic mass is 35.5. The number of hydrogen-bond acceptors (Lipinski definition) is 1. The van der Waals surface area contributed by atoms with Crippen LogP contribution in [0.5, 0.6) is 0 Å². The molecule has 92 valence electrons. The lowest BCUT2D eigenvalue weighted by atomic mass is 10.1. The number of nitrogens with one attached hydrogen (secondary N) is 2. The summed E-state index contributed by atoms with van der Waals surface area (Å²) in [7, 11) is 0. The molecule has 17 heavy (non-hydrogen) atoms. The van der Waals surface area contributed by atoms with Gasteiger partial charge in [0.1, 0.15) is 0 Å². The molecular weight excluding hydrogens is 232 g/mol. The first-order valence-corrected chi connectivity index (χ1v) is 6.13. The molecular formula is C14H19ClN2. The molecule has 1 aromatic heterocycles. The third-order valence-electron chi connectivity index (χ3n) is 3.62. The number of para-hydroxylation sites is 1. The number of benzene rings is 1. The predicted octanol–water partition coefficient (Wildman–Crippen LogP) is 3.48. The number of halogens is 1. The van der Waals surface area contributed by atoms with Crippen molar-refractivity contribution in [1.82, 2.24) is 10.3 Å². The van der Waals surface area contributed by atoms with Crippen molar-refractivity contribution in [3.63, 3.8) is 0 Å². The fraction of sp³-hybridized carbons (Fsp3) is 0.429. The molecule has 0 amide bonds. The first kappa shape index (κ1) is 12.5. The molecule has 1 fully saturated rings. The van der Waals surface area contributed by atoms with E-state index >= 15 is 0 Å². The zero-order valence-corrected chi connectivity index (χ0v) is 10.9. The molecule has 1 aliphatic carbocycles. The number of hydrogen-bond donors (Lipinski definition) is 2. The van der Waals surface area contributed by atoms with Gasteiger partial charge >= 0.3 is 0 Å². The van der Waals surface area contributed by atoms with Crippen molar-refractivity contribution in [3.8, 4) is 0 Å². The van der Waals surface area contributed by atoms with Gasteiger partial charge < -0.3 is 10.3 Å². The fourth-order valence-electron chi connectivity index (χ4n) is 2.33. The van der Waals surface area contributed by atoms with Gasteiger partial charge in [-0.05, 0) is 42.7 Å². The summed E-state index contributed by atoms with van der Waals surface area (Å²) >= 11 is 0. The molecule has 0 bridgehead atoms. The third-order valence-corrected chi connectivity index (χ3v) is 3.62. The lowest BCUT2D eigenvalue weighted by Gasteiger charge is -2.13. The van der Waals surface area contributed by atoms with Gasteiger partial charge in [0.15, 0.2) is 0 Å². The van der Waals surface area contributed by atoms with Crippen molar-refractivity contribution in [1.29, 1.82) is 0 Å². The second-order valence-corrected chi connectivity index (χ2v) is 4.87. The zero-order valence-electron chi connectivity index (χ0n) is 10.1. The highest BCUT2D eigenvalue weighted by molar-refractivity contribution is 5.85. The van der Waals surface area contributed by atoms with E-state index in [0.29, 0.717) is 6.04 Å². The van der Waals surface area contributed by atoms with Crippen LogP contribution in [0, 0.1) is 5.92 Å². The Balaban J connectivity index is 0.00000108. The molecule has 1 aromatic carbocycles. The lowest BCUT2D eigenvalue weighted by Crippen LogP contribution is -2.27. The van der Waals surface area contributed by atoms with E-state index in [0.717, 1.165) is 12.5 Å². The Morgan fingerprint density at radius 1 is 1.35 bits per heavy atom. The Kier molecular flexibility index (Phi) is 3.75. The van der Waals surface area contributed by atoms with Crippen molar-refractivity contribution >= 4 is 23.3 Å². The summed E-state index contributed by atoms with van der Waals surface area (Å²) < 4.78 is 0. The minimum Gasteiger partial charge on any atom is -0.361 e. The Bertz CT molecular complexity index is 488. The Labute approximate surface area is 108 Å². The Hall–Kier alpha value is -0.990. The largest absolute Gasteiger partial charge is 0.361 e. The van der Waals surface area contributed by atoms with Crippen LogP contribution < -0.4 is 5.32 Å². The van der Waals surface area contributed by atoms with Gasteiger partial charge in [-0.2, -0.15) is 0 Å². The van der Waals surface area contributed by atoms with Crippen LogP contribution in [0.4, 0.5) is 0 Å². The standard InChI is InChI=1S/C14H18N2.ClH/c1-10(11-5-6-11)16-9-13-4-2-3-12-7-8-15-14(12)13;/h2-4,7-8,10-11,15-16H,5-6,9H2,1H3;1H. The van der Waals surface area contributed by atoms with Crippen molar-refractivity contribution in [2.75, 3.05) is 0 Å². The predicted molar refractivity (Wildman–Crippen MR) is 74.6 cm³/mol. The van der Waals surface area contributed by atoms with E-state index in [1.54, 1.807) is 0 Å². The van der Waals surface area contributed by atoms with Gasteiger partial charge in [-0.15, -0.1) is 12.4 Å². The first-order valence-electron chi connectivity index (χ1n) is 6.13. The molecule has 3 rings (SSSR count). The van der Waals surface area contributed by atoms with Crippen LogP contribution in [0.2, 0.25) is 0 Å². The summed E-state index contributed by atoms with van der Waals surface area (Å²) in [6, 6.07) is 9.27. The molecule has 1 saturated carbocycles. The molecule has 2 aromatic rings. The molecule has 1 atom stereocenters. The molecule has 3 heteroatoms. The molecule has 0 spiro atoms. The maximum Gasteiger partial charge on any atom is 0.0499 e. The van der Waals surface area contributed by atoms with Gasteiger partial charge in [0.25, 0.3) is 0 Å². The van der Waals surface area contributed by atoms with Crippen LogP contribution in [-0.4, -0.2) is 11.0 Å². The Morgan fingerprint density at radius 2 is 2.18 bits per heavy atom. The zero-order chi connectivity index (χ0) is 11.0. The fourth-order valence-corrected chi connectivity index (χ4v) is 2.33. The molecule has 1 aliphatic rings. The van der Waals surface area contributed by atoms with Crippen molar-refractivity contribution in [3.05, 3.63) is 36.0 Å². The van der Waals surface area contributed by atoms with E-state index in [4.69, 9.17) is 0 Å². The normalized spacial score (nSPS) is 16.8. The van der Waals surface area contributed by atoms with Gasteiger partial charge in [-0.1, -0.05) is 18.2 Å². The van der Waals surface area contributed by atoms with Crippen LogP contribution in [0.25, 0.3) is 10.9 Å². The number of H-pyrrole nitrogens is 1. The van der Waals surface area contributed by atoms with Crippen LogP contribution in [-0.2, 0) is 6.54 Å². The summed E-state index contributed by atoms with van der Waals surface area (Å²) in [5, 5.41) is 4.93. The van der Waals surface area contributed by atoms with Crippen molar-refractivity contribution in [2.45, 2.75) is 32.4 Å². The molecule has 1 heterocycles. The van der Waals surface area contributed by atoms with E-state index in [9.17, 15) is 0 Å². The van der Waals surface area contributed by atoms with Crippen LogP contribution in [0.1, 0.15) is 25.3 Å². The number of aromatic nitrogens is 1. The highest BCUT2D eigenvalue weighted by Gasteiger charge is 2.27. The van der Waals surface area contributed by atoms with Gasteiger partial charge in [0, 0.05) is 24.3 Å². The molecule has 0 saturated heterocycles. The van der Waals surface area contributed by atoms with E-state index in [2.05, 4.69) is 41.5 Å². The van der Waals surface area contributed by atoms with E-state index in [1.807, 2.05) is 6.20 Å². The number of aromatic amines is 1. The number of fused-ring (bicyclic) bond motifs is 1. The second kappa shape index (κ2) is 5.11. The average molecular weight is 251 g/mol. The minimum atomic E-state index is 0. The molecule has 2 nitrogen and oxygen atoms in total. The van der Waals surface area contributed by atoms with Gasteiger partial charge in [-0.3, -0.25) is 0 Å². The van der Waals surface area contributed by atoms with Gasteiger partial charge in [0.05, 0.1) is 0 Å². The third kappa shape index (κ3) is 2.64. The van der Waals surface area contributed by atoms with Gasteiger partial charge in [-0.25, -0.2) is 0 Å². The van der Waals surface area contributed by atoms with Crippen LogP contribution in [0.15, 0.2) is 30.5 Å². The van der Waals surface area contributed by atoms with E-state index in [-0.39, 0.29) is 12.4 Å². The van der Waals surface area contributed by atoms with E-state index < -0.39 is 0 Å². The summed E-state index contributed by atoms with van der Waals surface area (Å²) in [5.74, 6) is 0.919. The van der Waals surface area contributed by atoms with E-state index in [1.165, 1.54) is 29.3 Å². The molecule has 0 aliphatic heterocycles. The average Bonchev–Trinajstić information content (AvgIpc) is 3.04. The lowest BCUT2D eigenvalue weighted by molar-refractivity contribution is 0.497. The first-order chi connectivity index (χ1) is 7.84. The second-order valence-electron chi connectivity index (χ2n) is 4.87. The van der Waals surface area contributed by atoms with Crippen molar-refractivity contribution < 1.29 is 0 Å². The summed E-state index contributed by atoms with van der Waals surface area (Å²) in [4.78, 5) is 3.32. The number of rotatable bonds is 4. The molecule has 2 N–H and O–H groups in total. The Morgan fingerprint density at radius 3 is 2.94 bits per heavy atom. The minimum absolute atomic E-state index is 0. The smallest absolute Gasteiger partial charge is 0.0499 e. The molecule has 0 radical (unpaired) electrons. The van der Waals surface area contributed by atoms with Crippen LogP contribution >= 0.6 is 12.4 Å². The van der Waals surface area contributed by atoms with Gasteiger partial charge in [0.2, 0.25) is 0 Å². The monoisotopic (exact) mass is 250 g/mol. The van der Waals surface area contributed by atoms with Crippen molar-refractivity contribution in [2.24, 2.45) is 5.92 Å².